The average Bonchev–Trinajstić information content (AvgIpc) is 2.79. The zero-order valence-corrected chi connectivity index (χ0v) is 20.1. The molecule has 0 saturated carbocycles. The molecule has 17 heteroatoms. The van der Waals surface area contributed by atoms with Crippen LogP contribution in [-0.4, -0.2) is 95.4 Å². The van der Waals surface area contributed by atoms with E-state index >= 15 is 0 Å². The number of carboxylic acid groups (broad SMARTS) is 1. The van der Waals surface area contributed by atoms with Crippen LogP contribution in [0.4, 0.5) is 0 Å². The van der Waals surface area contributed by atoms with Crippen LogP contribution in [0.15, 0.2) is 9.98 Å². The highest BCUT2D eigenvalue weighted by Crippen LogP contribution is 2.03. The van der Waals surface area contributed by atoms with Crippen LogP contribution < -0.4 is 44.6 Å². The normalized spacial score (nSPS) is 13.9. The van der Waals surface area contributed by atoms with E-state index in [0.29, 0.717) is 6.42 Å². The average molecular weight is 521 g/mol. The summed E-state index contributed by atoms with van der Waals surface area (Å²) in [7, 11) is 0. The van der Waals surface area contributed by atoms with E-state index in [1.807, 2.05) is 0 Å². The first-order valence-corrected chi connectivity index (χ1v) is 11.3. The number of guanidine groups is 2. The lowest BCUT2D eigenvalue weighted by molar-refractivity contribution is -0.142. The van der Waals surface area contributed by atoms with E-state index in [0.717, 1.165) is 0 Å². The maximum Gasteiger partial charge on any atom is 0.326 e. The molecule has 0 radical (unpaired) electrons. The Bertz CT molecular complexity index is 773. The van der Waals surface area contributed by atoms with Gasteiger partial charge in [-0.2, -0.15) is 12.6 Å². The molecule has 0 aromatic rings. The molecule has 0 aromatic carbocycles. The number of aliphatic hydroxyl groups excluding tert-OH is 1. The molecule has 15 N–H and O–H groups in total. The van der Waals surface area contributed by atoms with Crippen molar-refractivity contribution < 1.29 is 29.4 Å². The summed E-state index contributed by atoms with van der Waals surface area (Å²) in [5, 5.41) is 25.6. The lowest BCUT2D eigenvalue weighted by atomic mass is 10.1. The Morgan fingerprint density at radius 1 is 0.771 bits per heavy atom. The van der Waals surface area contributed by atoms with Crippen LogP contribution in [0.3, 0.4) is 0 Å². The Hall–Kier alpha value is -3.31. The molecule has 0 fully saturated rings. The molecule has 0 heterocycles. The van der Waals surface area contributed by atoms with Crippen LogP contribution in [0.25, 0.3) is 0 Å². The van der Waals surface area contributed by atoms with Crippen molar-refractivity contribution >= 4 is 48.2 Å². The van der Waals surface area contributed by atoms with Gasteiger partial charge in [0, 0.05) is 18.8 Å². The molecule has 0 bridgehead atoms. The molecular weight excluding hydrogens is 484 g/mol. The Labute approximate surface area is 207 Å². The summed E-state index contributed by atoms with van der Waals surface area (Å²) in [5.41, 5.74) is 26.4. The first kappa shape index (κ1) is 31.7. The van der Waals surface area contributed by atoms with Crippen molar-refractivity contribution in [2.75, 3.05) is 25.4 Å². The van der Waals surface area contributed by atoms with Gasteiger partial charge in [0.15, 0.2) is 11.9 Å². The van der Waals surface area contributed by atoms with E-state index in [4.69, 9.17) is 33.8 Å². The van der Waals surface area contributed by atoms with Gasteiger partial charge in [0.05, 0.1) is 6.61 Å². The number of amides is 3. The lowest BCUT2D eigenvalue weighted by Crippen LogP contribution is -2.58. The number of aliphatic imine (C=N–C) groups is 2. The molecule has 0 spiro atoms. The molecule has 16 nitrogen and oxygen atoms in total. The smallest absolute Gasteiger partial charge is 0.326 e. The number of nitrogens with one attached hydrogen (secondary N) is 3. The number of aliphatic carboxylic acids is 1. The SMILES string of the molecule is NC(N)=NCCCC(NC(=O)C(CS)NC(=O)C(CCCN=C(N)N)NC(=O)C(N)CO)C(=O)O. The van der Waals surface area contributed by atoms with Crippen molar-refractivity contribution in [3.63, 3.8) is 0 Å². The monoisotopic (exact) mass is 520 g/mol. The van der Waals surface area contributed by atoms with Gasteiger partial charge in [0.1, 0.15) is 24.2 Å². The van der Waals surface area contributed by atoms with Crippen LogP contribution in [0, 0.1) is 0 Å². The number of hydrogen-bond acceptors (Lipinski definition) is 9. The van der Waals surface area contributed by atoms with E-state index in [1.165, 1.54) is 0 Å². The zero-order valence-electron chi connectivity index (χ0n) is 19.2. The van der Waals surface area contributed by atoms with E-state index in [9.17, 15) is 24.3 Å². The quantitative estimate of drug-likeness (QED) is 0.0373. The second-order valence-corrected chi connectivity index (χ2v) is 7.76. The van der Waals surface area contributed by atoms with Gasteiger partial charge in [-0.25, -0.2) is 4.79 Å². The number of carboxylic acids is 1. The first-order valence-electron chi connectivity index (χ1n) is 10.6. The van der Waals surface area contributed by atoms with Gasteiger partial charge >= 0.3 is 5.97 Å². The van der Waals surface area contributed by atoms with Gasteiger partial charge in [0.2, 0.25) is 17.7 Å². The van der Waals surface area contributed by atoms with Gasteiger partial charge in [-0.1, -0.05) is 0 Å². The molecular formula is C18H36N10O6S. The summed E-state index contributed by atoms with van der Waals surface area (Å²) >= 11 is 4.05. The number of thiol groups is 1. The minimum absolute atomic E-state index is 0.0353. The number of nitrogens with two attached hydrogens (primary N) is 5. The molecule has 200 valence electrons. The number of hydrogen-bond donors (Lipinski definition) is 11. The highest BCUT2D eigenvalue weighted by atomic mass is 32.1. The van der Waals surface area contributed by atoms with Crippen LogP contribution in [0.1, 0.15) is 25.7 Å². The summed E-state index contributed by atoms with van der Waals surface area (Å²) in [4.78, 5) is 56.5. The third-order valence-corrected chi connectivity index (χ3v) is 4.85. The lowest BCUT2D eigenvalue weighted by Gasteiger charge is -2.24. The van der Waals surface area contributed by atoms with Crippen LogP contribution in [0.2, 0.25) is 0 Å². The third-order valence-electron chi connectivity index (χ3n) is 4.49. The number of carbonyl (C=O) groups excluding carboxylic acids is 3. The summed E-state index contributed by atoms with van der Waals surface area (Å²) in [6, 6.07) is -4.87. The second kappa shape index (κ2) is 17.2. The molecule has 0 aliphatic rings. The Morgan fingerprint density at radius 2 is 1.20 bits per heavy atom. The van der Waals surface area contributed by atoms with Crippen molar-refractivity contribution in [1.29, 1.82) is 0 Å². The Kier molecular flexibility index (Phi) is 15.5. The number of rotatable bonds is 17. The molecule has 4 atom stereocenters. The summed E-state index contributed by atoms with van der Waals surface area (Å²) in [5.74, 6) is -4.05. The van der Waals surface area contributed by atoms with Gasteiger partial charge in [0.25, 0.3) is 0 Å². The first-order chi connectivity index (χ1) is 16.4. The van der Waals surface area contributed by atoms with Crippen LogP contribution >= 0.6 is 12.6 Å². The van der Waals surface area contributed by atoms with Crippen molar-refractivity contribution in [2.45, 2.75) is 49.9 Å². The highest BCUT2D eigenvalue weighted by Gasteiger charge is 2.29. The van der Waals surface area contributed by atoms with Gasteiger partial charge < -0.3 is 54.8 Å². The van der Waals surface area contributed by atoms with Crippen molar-refractivity contribution in [3.05, 3.63) is 0 Å². The largest absolute Gasteiger partial charge is 0.480 e. The fraction of sp³-hybridized carbons (Fsp3) is 0.667. The number of carbonyl (C=O) groups is 4. The van der Waals surface area contributed by atoms with E-state index < -0.39 is 54.5 Å². The van der Waals surface area contributed by atoms with Crippen molar-refractivity contribution in [2.24, 2.45) is 38.7 Å². The van der Waals surface area contributed by atoms with Crippen molar-refractivity contribution in [1.82, 2.24) is 16.0 Å². The Balaban J connectivity index is 5.23. The van der Waals surface area contributed by atoms with Gasteiger partial charge in [-0.15, -0.1) is 0 Å². The van der Waals surface area contributed by atoms with Gasteiger partial charge in [-0.05, 0) is 25.7 Å². The predicted molar refractivity (Wildman–Crippen MR) is 132 cm³/mol. The Morgan fingerprint density at radius 3 is 1.63 bits per heavy atom. The van der Waals surface area contributed by atoms with E-state index in [1.54, 1.807) is 0 Å². The molecule has 0 aliphatic heterocycles. The zero-order chi connectivity index (χ0) is 27.0. The molecule has 0 rings (SSSR count). The molecule has 3 amide bonds. The second-order valence-electron chi connectivity index (χ2n) is 7.39. The fourth-order valence-corrected chi connectivity index (χ4v) is 2.89. The molecule has 0 aromatic heterocycles. The maximum absolute atomic E-state index is 12.8. The molecule has 35 heavy (non-hydrogen) atoms. The minimum atomic E-state index is -1.28. The maximum atomic E-state index is 12.8. The van der Waals surface area contributed by atoms with Crippen LogP contribution in [-0.2, 0) is 19.2 Å². The standard InChI is InChI=1S/C18H36N10O6S/c19-9(7-29)13(30)26-10(3-1-5-24-17(20)21)14(31)28-12(8-35)15(32)27-11(16(33)34)4-2-6-25-18(22)23/h9-12,29,35H,1-8,19H2,(H,26,30)(H,27,32)(H,28,31)(H,33,34)(H4,20,21,24)(H4,22,23,25). The van der Waals surface area contributed by atoms with E-state index in [-0.39, 0.29) is 50.0 Å². The molecule has 0 saturated heterocycles. The highest BCUT2D eigenvalue weighted by molar-refractivity contribution is 7.80. The van der Waals surface area contributed by atoms with E-state index in [2.05, 4.69) is 38.6 Å². The number of nitrogens with zero attached hydrogens (tertiary/aromatic N) is 2. The summed E-state index contributed by atoms with van der Waals surface area (Å²) < 4.78 is 0. The van der Waals surface area contributed by atoms with Crippen molar-refractivity contribution in [3.8, 4) is 0 Å². The molecule has 4 unspecified atom stereocenters. The van der Waals surface area contributed by atoms with Gasteiger partial charge in [-0.3, -0.25) is 24.4 Å². The van der Waals surface area contributed by atoms with Crippen LogP contribution in [0.5, 0.6) is 0 Å². The molecule has 0 aliphatic carbocycles. The predicted octanol–water partition coefficient (Wildman–Crippen LogP) is -5.12. The summed E-state index contributed by atoms with van der Waals surface area (Å²) in [6.07, 6.45) is 0.685. The fourth-order valence-electron chi connectivity index (χ4n) is 2.63. The topological polar surface area (TPSA) is 300 Å². The summed E-state index contributed by atoms with van der Waals surface area (Å²) in [6.45, 7) is -0.299. The number of aliphatic hydroxyl groups is 1. The third kappa shape index (κ3) is 13.9. The minimum Gasteiger partial charge on any atom is -0.480 e.